The summed E-state index contributed by atoms with van der Waals surface area (Å²) in [5.41, 5.74) is 1.67. The fourth-order valence-electron chi connectivity index (χ4n) is 2.93. The second kappa shape index (κ2) is 7.46. The van der Waals surface area contributed by atoms with E-state index in [1.165, 1.54) is 11.3 Å². The van der Waals surface area contributed by atoms with Gasteiger partial charge in [0.25, 0.3) is 0 Å². The summed E-state index contributed by atoms with van der Waals surface area (Å²) in [6.07, 6.45) is 3.14. The number of aryl methyl sites for hydroxylation is 1. The monoisotopic (exact) mass is 333 g/mol. The van der Waals surface area contributed by atoms with Crippen molar-refractivity contribution in [3.63, 3.8) is 0 Å². The van der Waals surface area contributed by atoms with E-state index < -0.39 is 6.09 Å². The highest BCUT2D eigenvalue weighted by molar-refractivity contribution is 5.82. The average Bonchev–Trinajstić information content (AvgIpc) is 2.98. The largest absolute Gasteiger partial charge is 0.448 e. The number of rotatable bonds is 5. The van der Waals surface area contributed by atoms with E-state index in [1.54, 1.807) is 0 Å². The number of hydrogen-bond donors (Lipinski definition) is 1. The maximum Gasteiger partial charge on any atom is 0.410 e. The Kier molecular flexibility index (Phi) is 5.12. The van der Waals surface area contributed by atoms with Gasteiger partial charge in [0.15, 0.2) is 0 Å². The first-order chi connectivity index (χ1) is 11.6. The molecule has 8 nitrogen and oxygen atoms in total. The van der Waals surface area contributed by atoms with E-state index in [9.17, 15) is 9.59 Å². The zero-order chi connectivity index (χ0) is 16.9. The number of amides is 2. The predicted octanol–water partition coefficient (Wildman–Crippen LogP) is 0.844. The Morgan fingerprint density at radius 2 is 2.04 bits per heavy atom. The van der Waals surface area contributed by atoms with Crippen LogP contribution in [0.1, 0.15) is 30.7 Å². The predicted molar refractivity (Wildman–Crippen MR) is 87.6 cm³/mol. The molecule has 1 aromatic rings. The minimum atomic E-state index is -0.435. The SMILES string of the molecule is Cc1cc(CNC(=O)CN2CCOC2=O)nc(N2CCCCC2)n1. The molecule has 130 valence electrons. The zero-order valence-corrected chi connectivity index (χ0v) is 14.0. The molecule has 2 aliphatic rings. The normalized spacial score (nSPS) is 17.8. The standard InChI is InChI=1S/C16H23N5O3/c1-12-9-13(19-15(18-12)20-5-3-2-4-6-20)10-17-14(22)11-21-7-8-24-16(21)23/h9H,2-8,10-11H2,1H3,(H,17,22). The summed E-state index contributed by atoms with van der Waals surface area (Å²) in [7, 11) is 0. The van der Waals surface area contributed by atoms with Crippen LogP contribution < -0.4 is 10.2 Å². The quantitative estimate of drug-likeness (QED) is 0.859. The third-order valence-electron chi connectivity index (χ3n) is 4.18. The topological polar surface area (TPSA) is 87.7 Å². The summed E-state index contributed by atoms with van der Waals surface area (Å²) >= 11 is 0. The van der Waals surface area contributed by atoms with Crippen molar-refractivity contribution in [1.82, 2.24) is 20.2 Å². The molecule has 2 amide bonds. The number of nitrogens with one attached hydrogen (secondary N) is 1. The highest BCUT2D eigenvalue weighted by atomic mass is 16.6. The van der Waals surface area contributed by atoms with Gasteiger partial charge in [0.05, 0.1) is 18.8 Å². The molecule has 0 spiro atoms. The van der Waals surface area contributed by atoms with E-state index in [1.807, 2.05) is 13.0 Å². The number of carbonyl (C=O) groups excluding carboxylic acids is 2. The fraction of sp³-hybridized carbons (Fsp3) is 0.625. The van der Waals surface area contributed by atoms with Gasteiger partial charge in [-0.05, 0) is 32.3 Å². The van der Waals surface area contributed by atoms with Crippen molar-refractivity contribution >= 4 is 17.9 Å². The summed E-state index contributed by atoms with van der Waals surface area (Å²) in [4.78, 5) is 36.0. The van der Waals surface area contributed by atoms with Crippen LogP contribution in [-0.4, -0.2) is 59.7 Å². The Morgan fingerprint density at radius 1 is 1.25 bits per heavy atom. The van der Waals surface area contributed by atoms with E-state index in [-0.39, 0.29) is 12.5 Å². The lowest BCUT2D eigenvalue weighted by atomic mass is 10.1. The Hall–Kier alpha value is -2.38. The summed E-state index contributed by atoms with van der Waals surface area (Å²) in [6, 6.07) is 1.87. The first kappa shape index (κ1) is 16.5. The molecule has 0 unspecified atom stereocenters. The maximum atomic E-state index is 12.0. The third-order valence-corrected chi connectivity index (χ3v) is 4.18. The van der Waals surface area contributed by atoms with E-state index in [2.05, 4.69) is 20.2 Å². The smallest absolute Gasteiger partial charge is 0.410 e. The van der Waals surface area contributed by atoms with Gasteiger partial charge in [-0.3, -0.25) is 9.69 Å². The van der Waals surface area contributed by atoms with Crippen LogP contribution >= 0.6 is 0 Å². The second-order valence-corrected chi connectivity index (χ2v) is 6.16. The minimum Gasteiger partial charge on any atom is -0.448 e. The molecule has 2 aliphatic heterocycles. The third kappa shape index (κ3) is 4.12. The van der Waals surface area contributed by atoms with Crippen LogP contribution in [0, 0.1) is 6.92 Å². The van der Waals surface area contributed by atoms with Gasteiger partial charge in [-0.15, -0.1) is 0 Å². The molecular weight excluding hydrogens is 310 g/mol. The Labute approximate surface area is 141 Å². The van der Waals surface area contributed by atoms with Crippen LogP contribution in [0.3, 0.4) is 0 Å². The molecule has 1 aromatic heterocycles. The number of carbonyl (C=O) groups is 2. The number of ether oxygens (including phenoxy) is 1. The highest BCUT2D eigenvalue weighted by Gasteiger charge is 2.24. The first-order valence-electron chi connectivity index (χ1n) is 8.40. The Balaban J connectivity index is 1.57. The number of piperidine rings is 1. The van der Waals surface area contributed by atoms with Gasteiger partial charge < -0.3 is 15.0 Å². The van der Waals surface area contributed by atoms with Gasteiger partial charge >= 0.3 is 6.09 Å². The van der Waals surface area contributed by atoms with Crippen molar-refractivity contribution in [1.29, 1.82) is 0 Å². The van der Waals surface area contributed by atoms with Crippen LogP contribution in [-0.2, 0) is 16.1 Å². The summed E-state index contributed by atoms with van der Waals surface area (Å²) in [6.45, 7) is 5.03. The van der Waals surface area contributed by atoms with Crippen LogP contribution in [0.2, 0.25) is 0 Å². The van der Waals surface area contributed by atoms with Gasteiger partial charge in [0, 0.05) is 18.8 Å². The number of hydrogen-bond acceptors (Lipinski definition) is 6. The van der Waals surface area contributed by atoms with Crippen molar-refractivity contribution in [3.05, 3.63) is 17.5 Å². The molecule has 3 heterocycles. The number of anilines is 1. The first-order valence-corrected chi connectivity index (χ1v) is 8.40. The summed E-state index contributed by atoms with van der Waals surface area (Å²) in [5, 5.41) is 2.81. The van der Waals surface area contributed by atoms with Crippen molar-refractivity contribution in [3.8, 4) is 0 Å². The lowest BCUT2D eigenvalue weighted by Crippen LogP contribution is -2.37. The molecule has 0 bridgehead atoms. The molecule has 0 aliphatic carbocycles. The molecule has 2 saturated heterocycles. The Morgan fingerprint density at radius 3 is 2.75 bits per heavy atom. The number of aromatic nitrogens is 2. The van der Waals surface area contributed by atoms with Gasteiger partial charge in [-0.2, -0.15) is 0 Å². The molecule has 0 atom stereocenters. The molecule has 0 radical (unpaired) electrons. The van der Waals surface area contributed by atoms with Crippen molar-refractivity contribution < 1.29 is 14.3 Å². The van der Waals surface area contributed by atoms with E-state index in [0.717, 1.165) is 43.3 Å². The number of nitrogens with zero attached hydrogens (tertiary/aromatic N) is 4. The van der Waals surface area contributed by atoms with E-state index in [0.29, 0.717) is 19.7 Å². The summed E-state index contributed by atoms with van der Waals surface area (Å²) < 4.78 is 4.81. The van der Waals surface area contributed by atoms with Gasteiger partial charge in [0.1, 0.15) is 13.2 Å². The summed E-state index contributed by atoms with van der Waals surface area (Å²) in [5.74, 6) is 0.520. The van der Waals surface area contributed by atoms with Gasteiger partial charge in [0.2, 0.25) is 11.9 Å². The van der Waals surface area contributed by atoms with Crippen LogP contribution in [0.4, 0.5) is 10.7 Å². The van der Waals surface area contributed by atoms with Crippen LogP contribution in [0.25, 0.3) is 0 Å². The molecule has 24 heavy (non-hydrogen) atoms. The van der Waals surface area contributed by atoms with E-state index >= 15 is 0 Å². The Bertz CT molecular complexity index is 616. The maximum absolute atomic E-state index is 12.0. The molecule has 0 saturated carbocycles. The lowest BCUT2D eigenvalue weighted by molar-refractivity contribution is -0.121. The molecule has 3 rings (SSSR count). The second-order valence-electron chi connectivity index (χ2n) is 6.16. The molecule has 8 heteroatoms. The molecule has 1 N–H and O–H groups in total. The molecule has 0 aromatic carbocycles. The van der Waals surface area contributed by atoms with Crippen LogP contribution in [0.5, 0.6) is 0 Å². The number of cyclic esters (lactones) is 1. The van der Waals surface area contributed by atoms with Gasteiger partial charge in [-0.25, -0.2) is 14.8 Å². The minimum absolute atomic E-state index is 0.0158. The highest BCUT2D eigenvalue weighted by Crippen LogP contribution is 2.16. The molecular formula is C16H23N5O3. The average molecular weight is 333 g/mol. The van der Waals surface area contributed by atoms with E-state index in [4.69, 9.17) is 4.74 Å². The van der Waals surface area contributed by atoms with Crippen LogP contribution in [0.15, 0.2) is 6.07 Å². The van der Waals surface area contributed by atoms with Crippen molar-refractivity contribution in [2.75, 3.05) is 37.7 Å². The lowest BCUT2D eigenvalue weighted by Gasteiger charge is -2.27. The van der Waals surface area contributed by atoms with Crippen molar-refractivity contribution in [2.24, 2.45) is 0 Å². The van der Waals surface area contributed by atoms with Crippen molar-refractivity contribution in [2.45, 2.75) is 32.7 Å². The zero-order valence-electron chi connectivity index (χ0n) is 14.0. The van der Waals surface area contributed by atoms with Gasteiger partial charge in [-0.1, -0.05) is 0 Å². The fourth-order valence-corrected chi connectivity index (χ4v) is 2.93. The molecule has 2 fully saturated rings.